The van der Waals surface area contributed by atoms with Crippen LogP contribution in [-0.4, -0.2) is 34.8 Å². The number of nitrogens with zero attached hydrogens (tertiary/aromatic N) is 1. The van der Waals surface area contributed by atoms with Crippen molar-refractivity contribution in [1.29, 1.82) is 0 Å². The van der Waals surface area contributed by atoms with Gasteiger partial charge in [-0.1, -0.05) is 40.5 Å². The number of nitrogens with one attached hydrogen (secondary N) is 1. The van der Waals surface area contributed by atoms with Gasteiger partial charge in [-0.15, -0.1) is 0 Å². The van der Waals surface area contributed by atoms with Gasteiger partial charge in [0.15, 0.2) is 0 Å². The fourth-order valence-corrected chi connectivity index (χ4v) is 3.29. The maximum atomic E-state index is 12.8. The number of amides is 2. The molecule has 20 heavy (non-hydrogen) atoms. The number of piperazine rings is 1. The lowest BCUT2D eigenvalue weighted by atomic mass is 9.83. The van der Waals surface area contributed by atoms with E-state index in [-0.39, 0.29) is 23.8 Å². The predicted octanol–water partition coefficient (Wildman–Crippen LogP) is 2.33. The van der Waals surface area contributed by atoms with Crippen LogP contribution in [0.4, 0.5) is 0 Å². The minimum Gasteiger partial charge on any atom is -0.342 e. The Labute approximate surface area is 122 Å². The zero-order valence-corrected chi connectivity index (χ0v) is 13.2. The zero-order valence-electron chi connectivity index (χ0n) is 13.2. The first-order chi connectivity index (χ1) is 9.46. The first-order valence-electron chi connectivity index (χ1n) is 8.08. The van der Waals surface area contributed by atoms with Crippen molar-refractivity contribution >= 4 is 11.8 Å². The molecule has 4 heteroatoms. The molecule has 1 saturated heterocycles. The first kappa shape index (κ1) is 15.3. The van der Waals surface area contributed by atoms with Crippen LogP contribution in [0.1, 0.15) is 59.8 Å². The summed E-state index contributed by atoms with van der Waals surface area (Å²) in [6, 6.07) is -0.354. The molecule has 2 aliphatic rings. The van der Waals surface area contributed by atoms with Crippen LogP contribution in [0.15, 0.2) is 0 Å². The van der Waals surface area contributed by atoms with Crippen molar-refractivity contribution in [3.63, 3.8) is 0 Å². The summed E-state index contributed by atoms with van der Waals surface area (Å²) in [4.78, 5) is 27.3. The van der Waals surface area contributed by atoms with Gasteiger partial charge in [-0.3, -0.25) is 9.59 Å². The highest BCUT2D eigenvalue weighted by Crippen LogP contribution is 2.36. The monoisotopic (exact) mass is 280 g/mol. The molecule has 0 bridgehead atoms. The molecule has 1 aliphatic carbocycles. The number of rotatable bonds is 6. The van der Waals surface area contributed by atoms with Crippen LogP contribution in [0.2, 0.25) is 0 Å². The molecule has 114 valence electrons. The molecule has 0 aromatic carbocycles. The highest BCUT2D eigenvalue weighted by Gasteiger charge is 2.50. The Bertz CT molecular complexity index is 384. The van der Waals surface area contributed by atoms with Gasteiger partial charge in [0.05, 0.1) is 0 Å². The molecule has 1 N–H and O–H groups in total. The van der Waals surface area contributed by atoms with E-state index in [0.717, 1.165) is 18.9 Å². The average Bonchev–Trinajstić information content (AvgIpc) is 3.23. The number of hydrogen-bond donors (Lipinski definition) is 1. The van der Waals surface area contributed by atoms with Crippen molar-refractivity contribution in [2.24, 2.45) is 11.8 Å². The van der Waals surface area contributed by atoms with Crippen molar-refractivity contribution in [1.82, 2.24) is 10.2 Å². The van der Waals surface area contributed by atoms with Crippen molar-refractivity contribution in [2.45, 2.75) is 71.4 Å². The first-order valence-corrected chi connectivity index (χ1v) is 8.08. The van der Waals surface area contributed by atoms with E-state index >= 15 is 0 Å². The summed E-state index contributed by atoms with van der Waals surface area (Å²) in [6.07, 6.45) is 5.00. The lowest BCUT2D eigenvalue weighted by Crippen LogP contribution is -2.71. The van der Waals surface area contributed by atoms with Gasteiger partial charge in [-0.25, -0.2) is 0 Å². The second-order valence-corrected chi connectivity index (χ2v) is 6.66. The summed E-state index contributed by atoms with van der Waals surface area (Å²) in [5.74, 6) is 1.07. The van der Waals surface area contributed by atoms with Crippen LogP contribution < -0.4 is 5.32 Å². The molecule has 2 fully saturated rings. The molecule has 1 heterocycles. The maximum Gasteiger partial charge on any atom is 0.246 e. The third-order valence-corrected chi connectivity index (χ3v) is 5.05. The third-order valence-electron chi connectivity index (χ3n) is 5.05. The Kier molecular flexibility index (Phi) is 4.40. The quantitative estimate of drug-likeness (QED) is 0.812. The van der Waals surface area contributed by atoms with Crippen LogP contribution in [0.3, 0.4) is 0 Å². The minimum absolute atomic E-state index is 0.0385. The summed E-state index contributed by atoms with van der Waals surface area (Å²) in [5, 5.41) is 2.96. The molecule has 0 aromatic heterocycles. The van der Waals surface area contributed by atoms with Crippen LogP contribution in [0.5, 0.6) is 0 Å². The van der Waals surface area contributed by atoms with E-state index in [0.29, 0.717) is 12.8 Å². The van der Waals surface area contributed by atoms with Gasteiger partial charge >= 0.3 is 0 Å². The second-order valence-electron chi connectivity index (χ2n) is 6.66. The Morgan fingerprint density at radius 2 is 1.85 bits per heavy atom. The van der Waals surface area contributed by atoms with Crippen molar-refractivity contribution in [3.05, 3.63) is 0 Å². The molecule has 2 rings (SSSR count). The van der Waals surface area contributed by atoms with E-state index in [4.69, 9.17) is 0 Å². The van der Waals surface area contributed by atoms with Gasteiger partial charge in [-0.05, 0) is 31.1 Å². The molecule has 4 nitrogen and oxygen atoms in total. The smallest absolute Gasteiger partial charge is 0.246 e. The molecule has 1 atom stereocenters. The number of carbonyl (C=O) groups is 2. The van der Waals surface area contributed by atoms with E-state index < -0.39 is 5.54 Å². The lowest BCUT2D eigenvalue weighted by Gasteiger charge is -2.48. The maximum absolute atomic E-state index is 12.8. The molecule has 2 amide bonds. The Morgan fingerprint density at radius 3 is 2.30 bits per heavy atom. The summed E-state index contributed by atoms with van der Waals surface area (Å²) in [5.41, 5.74) is -0.628. The third kappa shape index (κ3) is 2.57. The normalized spacial score (nSPS) is 26.1. The summed E-state index contributed by atoms with van der Waals surface area (Å²) in [7, 11) is 0. The number of carbonyl (C=O) groups excluding carboxylic acids is 2. The molecular weight excluding hydrogens is 252 g/mol. The highest BCUT2D eigenvalue weighted by molar-refractivity contribution is 5.99. The minimum atomic E-state index is -0.628. The molecular formula is C16H28N2O2. The Balaban J connectivity index is 2.24. The van der Waals surface area contributed by atoms with E-state index in [9.17, 15) is 9.59 Å². The SMILES string of the molecule is CCC1(CC)C(=O)NC(C(C)C)C(=O)N1CCC1CC1. The van der Waals surface area contributed by atoms with E-state index in [1.54, 1.807) is 0 Å². The van der Waals surface area contributed by atoms with Crippen molar-refractivity contribution in [3.8, 4) is 0 Å². The van der Waals surface area contributed by atoms with E-state index in [1.165, 1.54) is 12.8 Å². The average molecular weight is 280 g/mol. The fraction of sp³-hybridized carbons (Fsp3) is 0.875. The van der Waals surface area contributed by atoms with Gasteiger partial charge in [0.25, 0.3) is 0 Å². The van der Waals surface area contributed by atoms with Gasteiger partial charge < -0.3 is 10.2 Å². The molecule has 0 spiro atoms. The van der Waals surface area contributed by atoms with Crippen molar-refractivity contribution < 1.29 is 9.59 Å². The van der Waals surface area contributed by atoms with Crippen LogP contribution in [0.25, 0.3) is 0 Å². The second kappa shape index (κ2) is 5.74. The largest absolute Gasteiger partial charge is 0.342 e. The Hall–Kier alpha value is -1.06. The van der Waals surface area contributed by atoms with Crippen LogP contribution in [-0.2, 0) is 9.59 Å². The van der Waals surface area contributed by atoms with E-state index in [2.05, 4.69) is 5.32 Å². The topological polar surface area (TPSA) is 49.4 Å². The predicted molar refractivity (Wildman–Crippen MR) is 79.1 cm³/mol. The zero-order chi connectivity index (χ0) is 14.9. The molecule has 0 radical (unpaired) electrons. The summed E-state index contributed by atoms with van der Waals surface area (Å²) < 4.78 is 0. The van der Waals surface area contributed by atoms with Crippen molar-refractivity contribution in [2.75, 3.05) is 6.54 Å². The Morgan fingerprint density at radius 1 is 1.25 bits per heavy atom. The van der Waals surface area contributed by atoms with Crippen LogP contribution in [0, 0.1) is 11.8 Å². The fourth-order valence-electron chi connectivity index (χ4n) is 3.29. The van der Waals surface area contributed by atoms with Gasteiger partial charge in [0, 0.05) is 6.54 Å². The molecule has 1 aliphatic heterocycles. The highest BCUT2D eigenvalue weighted by atomic mass is 16.2. The summed E-state index contributed by atoms with van der Waals surface area (Å²) in [6.45, 7) is 8.74. The number of hydrogen-bond acceptors (Lipinski definition) is 2. The molecule has 1 saturated carbocycles. The van der Waals surface area contributed by atoms with E-state index in [1.807, 2.05) is 32.6 Å². The molecule has 0 aromatic rings. The van der Waals surface area contributed by atoms with Crippen LogP contribution >= 0.6 is 0 Å². The van der Waals surface area contributed by atoms with Gasteiger partial charge in [-0.2, -0.15) is 0 Å². The standard InChI is InChI=1S/C16H28N2O2/c1-5-16(6-2)15(20)17-13(11(3)4)14(19)18(16)10-9-12-7-8-12/h11-13H,5-10H2,1-4H3,(H,17,20). The van der Waals surface area contributed by atoms with Gasteiger partial charge in [0.1, 0.15) is 11.6 Å². The lowest BCUT2D eigenvalue weighted by molar-refractivity contribution is -0.159. The summed E-state index contributed by atoms with van der Waals surface area (Å²) >= 11 is 0. The molecule has 1 unspecified atom stereocenters. The van der Waals surface area contributed by atoms with Gasteiger partial charge in [0.2, 0.25) is 11.8 Å².